The van der Waals surface area contributed by atoms with Gasteiger partial charge in [0.2, 0.25) is 5.69 Å². The number of Topliss-reactive ketones (excluding diaryl/α,β-unsaturated/α-hetero) is 1. The van der Waals surface area contributed by atoms with E-state index in [9.17, 15) is 14.8 Å². The second kappa shape index (κ2) is 5.84. The largest absolute Gasteiger partial charge is 0.618 e. The predicted molar refractivity (Wildman–Crippen MR) is 94.7 cm³/mol. The summed E-state index contributed by atoms with van der Waals surface area (Å²) in [5.41, 5.74) is 2.42. The molecule has 0 radical (unpaired) electrons. The van der Waals surface area contributed by atoms with Crippen molar-refractivity contribution in [2.24, 2.45) is 0 Å². The predicted octanol–water partition coefficient (Wildman–Crippen LogP) is 3.60. The van der Waals surface area contributed by atoms with Gasteiger partial charge in [0, 0.05) is 6.07 Å². The Balaban J connectivity index is 2.06. The number of methoxy groups -OCH3 is 1. The first-order valence-corrected chi connectivity index (χ1v) is 7.96. The number of carbonyl (C=O) groups excluding carboxylic acids is 2. The molecule has 25 heavy (non-hydrogen) atoms. The van der Waals surface area contributed by atoms with Crippen molar-refractivity contribution in [1.29, 1.82) is 0 Å². The molecule has 0 bridgehead atoms. The summed E-state index contributed by atoms with van der Waals surface area (Å²) in [6, 6.07) is 11.8. The zero-order chi connectivity index (χ0) is 18.4. The number of hydrogen-bond donors (Lipinski definition) is 0. The lowest BCUT2D eigenvalue weighted by molar-refractivity contribution is -0.355. The van der Waals surface area contributed by atoms with Gasteiger partial charge in [-0.1, -0.05) is 32.9 Å². The normalized spacial score (nSPS) is 13.8. The first-order chi connectivity index (χ1) is 11.7. The minimum Gasteiger partial charge on any atom is -0.618 e. The Hall–Kier alpha value is -2.95. The number of nitrogens with zero attached hydrogens (tertiary/aromatic N) is 1. The van der Waals surface area contributed by atoms with Crippen LogP contribution in [0, 0.1) is 5.21 Å². The third kappa shape index (κ3) is 2.82. The van der Waals surface area contributed by atoms with Crippen LogP contribution in [0.15, 0.2) is 42.5 Å². The maximum absolute atomic E-state index is 12.7. The Kier molecular flexibility index (Phi) is 3.95. The van der Waals surface area contributed by atoms with Gasteiger partial charge in [-0.3, -0.25) is 4.79 Å². The summed E-state index contributed by atoms with van der Waals surface area (Å²) in [6.07, 6.45) is 0. The standard InChI is InChI=1S/C20H19NO4/c1-20(2,3)14-8-5-12(6-9-14)17-18(22)15-10-7-13(19(23)25-4)11-16(15)21(17)24/h5-11H,1-4H3. The molecule has 5 nitrogen and oxygen atoms in total. The van der Waals surface area contributed by atoms with Gasteiger partial charge in [-0.15, -0.1) is 0 Å². The summed E-state index contributed by atoms with van der Waals surface area (Å²) in [6.45, 7) is 6.29. The van der Waals surface area contributed by atoms with Crippen molar-refractivity contribution in [1.82, 2.24) is 0 Å². The minimum atomic E-state index is -0.549. The van der Waals surface area contributed by atoms with Gasteiger partial charge in [0.15, 0.2) is 0 Å². The number of fused-ring (bicyclic) bond motifs is 1. The van der Waals surface area contributed by atoms with E-state index in [1.807, 2.05) is 12.1 Å². The van der Waals surface area contributed by atoms with Crippen LogP contribution in [-0.2, 0) is 10.2 Å². The lowest BCUT2D eigenvalue weighted by Gasteiger charge is -2.18. The lowest BCUT2D eigenvalue weighted by Crippen LogP contribution is -2.17. The first-order valence-electron chi connectivity index (χ1n) is 7.96. The van der Waals surface area contributed by atoms with Crippen LogP contribution in [0.5, 0.6) is 0 Å². The number of rotatable bonds is 2. The monoisotopic (exact) mass is 337 g/mol. The van der Waals surface area contributed by atoms with Gasteiger partial charge in [0.1, 0.15) is 5.56 Å². The van der Waals surface area contributed by atoms with E-state index in [0.29, 0.717) is 10.3 Å². The average molecular weight is 337 g/mol. The van der Waals surface area contributed by atoms with E-state index in [1.54, 1.807) is 12.1 Å². The summed E-state index contributed by atoms with van der Waals surface area (Å²) >= 11 is 0. The van der Waals surface area contributed by atoms with E-state index in [1.165, 1.54) is 25.3 Å². The fourth-order valence-corrected chi connectivity index (χ4v) is 2.85. The van der Waals surface area contributed by atoms with Crippen molar-refractivity contribution in [3.05, 3.63) is 69.9 Å². The average Bonchev–Trinajstić information content (AvgIpc) is 2.84. The van der Waals surface area contributed by atoms with Gasteiger partial charge in [0.25, 0.3) is 11.5 Å². The quantitative estimate of drug-likeness (QED) is 0.477. The Morgan fingerprint density at radius 3 is 2.28 bits per heavy atom. The SMILES string of the molecule is COC(=O)c1ccc2c(c1)[N+]([O-])=C(c1ccc(C(C)(C)C)cc1)C2=O. The molecule has 0 saturated heterocycles. The van der Waals surface area contributed by atoms with Gasteiger partial charge >= 0.3 is 5.97 Å². The van der Waals surface area contributed by atoms with Gasteiger partial charge < -0.3 is 9.94 Å². The molecule has 128 valence electrons. The number of ether oxygens (including phenoxy) is 1. The molecule has 5 heteroatoms. The molecular weight excluding hydrogens is 318 g/mol. The highest BCUT2D eigenvalue weighted by Crippen LogP contribution is 2.30. The molecule has 0 atom stereocenters. The highest BCUT2D eigenvalue weighted by molar-refractivity contribution is 6.52. The molecule has 0 amide bonds. The third-order valence-corrected chi connectivity index (χ3v) is 4.32. The van der Waals surface area contributed by atoms with E-state index in [-0.39, 0.29) is 33.7 Å². The highest BCUT2D eigenvalue weighted by Gasteiger charge is 2.37. The number of ketones is 1. The molecular formula is C20H19NO4. The summed E-state index contributed by atoms with van der Waals surface area (Å²) in [5.74, 6) is -0.892. The van der Waals surface area contributed by atoms with Crippen LogP contribution in [0.3, 0.4) is 0 Å². The fourth-order valence-electron chi connectivity index (χ4n) is 2.85. The van der Waals surface area contributed by atoms with Gasteiger partial charge in [0.05, 0.1) is 18.2 Å². The summed E-state index contributed by atoms with van der Waals surface area (Å²) in [5, 5.41) is 12.7. The summed E-state index contributed by atoms with van der Waals surface area (Å²) in [4.78, 5) is 24.3. The van der Waals surface area contributed by atoms with E-state index >= 15 is 0 Å². The van der Waals surface area contributed by atoms with E-state index < -0.39 is 5.97 Å². The zero-order valence-corrected chi connectivity index (χ0v) is 14.6. The third-order valence-electron chi connectivity index (χ3n) is 4.32. The lowest BCUT2D eigenvalue weighted by atomic mass is 9.86. The van der Waals surface area contributed by atoms with Crippen LogP contribution < -0.4 is 0 Å². The number of hydrogen-bond acceptors (Lipinski definition) is 4. The van der Waals surface area contributed by atoms with E-state index in [4.69, 9.17) is 0 Å². The molecule has 0 spiro atoms. The van der Waals surface area contributed by atoms with Gasteiger partial charge in [-0.2, -0.15) is 4.74 Å². The van der Waals surface area contributed by atoms with Crippen LogP contribution in [0.25, 0.3) is 0 Å². The molecule has 0 aliphatic carbocycles. The first kappa shape index (κ1) is 16.9. The van der Waals surface area contributed by atoms with Crippen molar-refractivity contribution in [2.45, 2.75) is 26.2 Å². The molecule has 1 heterocycles. The second-order valence-electron chi connectivity index (χ2n) is 7.02. The van der Waals surface area contributed by atoms with Crippen molar-refractivity contribution >= 4 is 23.2 Å². The van der Waals surface area contributed by atoms with Crippen LogP contribution in [0.1, 0.15) is 52.6 Å². The second-order valence-corrected chi connectivity index (χ2v) is 7.02. The number of benzene rings is 2. The minimum absolute atomic E-state index is 0.0155. The topological polar surface area (TPSA) is 69.4 Å². The maximum atomic E-state index is 12.7. The molecule has 2 aromatic carbocycles. The Morgan fingerprint density at radius 2 is 1.72 bits per heavy atom. The molecule has 1 aliphatic heterocycles. The highest BCUT2D eigenvalue weighted by atomic mass is 16.5. The molecule has 0 unspecified atom stereocenters. The Labute approximate surface area is 146 Å². The Bertz CT molecular complexity index is 902. The maximum Gasteiger partial charge on any atom is 0.338 e. The molecule has 0 fully saturated rings. The van der Waals surface area contributed by atoms with Gasteiger partial charge in [-0.25, -0.2) is 4.79 Å². The van der Waals surface area contributed by atoms with Crippen molar-refractivity contribution in [3.63, 3.8) is 0 Å². The summed E-state index contributed by atoms with van der Waals surface area (Å²) in [7, 11) is 1.27. The molecule has 2 aromatic rings. The fraction of sp³-hybridized carbons (Fsp3) is 0.250. The Morgan fingerprint density at radius 1 is 1.08 bits per heavy atom. The molecule has 0 N–H and O–H groups in total. The van der Waals surface area contributed by atoms with Crippen LogP contribution >= 0.6 is 0 Å². The number of esters is 1. The van der Waals surface area contributed by atoms with Crippen LogP contribution in [0.2, 0.25) is 0 Å². The van der Waals surface area contributed by atoms with E-state index in [2.05, 4.69) is 25.5 Å². The molecule has 0 saturated carbocycles. The summed E-state index contributed by atoms with van der Waals surface area (Å²) < 4.78 is 5.26. The van der Waals surface area contributed by atoms with Crippen molar-refractivity contribution in [3.8, 4) is 0 Å². The van der Waals surface area contributed by atoms with Crippen LogP contribution in [0.4, 0.5) is 5.69 Å². The zero-order valence-electron chi connectivity index (χ0n) is 14.6. The van der Waals surface area contributed by atoms with Crippen molar-refractivity contribution < 1.29 is 19.1 Å². The number of carbonyl (C=O) groups is 2. The van der Waals surface area contributed by atoms with Gasteiger partial charge in [-0.05, 0) is 35.2 Å². The van der Waals surface area contributed by atoms with Crippen molar-refractivity contribution in [2.75, 3.05) is 7.11 Å². The smallest absolute Gasteiger partial charge is 0.338 e. The van der Waals surface area contributed by atoms with Crippen LogP contribution in [-0.4, -0.2) is 29.3 Å². The molecule has 0 aromatic heterocycles. The van der Waals surface area contributed by atoms with E-state index in [0.717, 1.165) is 5.56 Å². The molecule has 1 aliphatic rings. The molecule has 3 rings (SSSR count).